The average molecular weight is 305 g/mol. The minimum absolute atomic E-state index is 0.0848. The highest BCUT2D eigenvalue weighted by Gasteiger charge is 2.09. The predicted octanol–water partition coefficient (Wildman–Crippen LogP) is 1.63. The summed E-state index contributed by atoms with van der Waals surface area (Å²) in [5, 5.41) is 3.58. The number of fused-ring (bicyclic) bond motifs is 1. The quantitative estimate of drug-likeness (QED) is 0.821. The van der Waals surface area contributed by atoms with Crippen molar-refractivity contribution in [1.29, 1.82) is 0 Å². The Bertz CT molecular complexity index is 722. The summed E-state index contributed by atoms with van der Waals surface area (Å²) in [6.07, 6.45) is 0. The predicted molar refractivity (Wildman–Crippen MR) is 82.2 cm³/mol. The molecule has 22 heavy (non-hydrogen) atoms. The molecule has 0 fully saturated rings. The molecule has 1 unspecified atom stereocenters. The number of benzene rings is 1. The monoisotopic (exact) mass is 305 g/mol. The van der Waals surface area contributed by atoms with Crippen LogP contribution in [0.2, 0.25) is 0 Å². The van der Waals surface area contributed by atoms with Crippen molar-refractivity contribution in [3.8, 4) is 5.75 Å². The number of amides is 1. The van der Waals surface area contributed by atoms with Gasteiger partial charge in [-0.1, -0.05) is 0 Å². The summed E-state index contributed by atoms with van der Waals surface area (Å²) in [6, 6.07) is 6.50. The van der Waals surface area contributed by atoms with Gasteiger partial charge in [0.05, 0.1) is 6.61 Å². The second-order valence-electron chi connectivity index (χ2n) is 5.12. The van der Waals surface area contributed by atoms with E-state index in [0.29, 0.717) is 17.9 Å². The molecule has 2 rings (SSSR count). The van der Waals surface area contributed by atoms with Crippen molar-refractivity contribution in [3.05, 3.63) is 40.2 Å². The van der Waals surface area contributed by atoms with Gasteiger partial charge >= 0.3 is 5.63 Å². The number of hydrogen-bond acceptors (Lipinski definition) is 5. The lowest BCUT2D eigenvalue weighted by atomic mass is 10.1. The van der Waals surface area contributed by atoms with Crippen molar-refractivity contribution in [1.82, 2.24) is 5.32 Å². The van der Waals surface area contributed by atoms with Gasteiger partial charge in [0.25, 0.3) is 5.91 Å². The Hall–Kier alpha value is -2.34. The molecular weight excluding hydrogens is 286 g/mol. The Labute approximate surface area is 128 Å². The molecule has 118 valence electrons. The first-order valence-electron chi connectivity index (χ1n) is 6.95. The largest absolute Gasteiger partial charge is 0.484 e. The van der Waals surface area contributed by atoms with Crippen molar-refractivity contribution in [2.75, 3.05) is 20.3 Å². The number of aryl methyl sites for hydroxylation is 1. The lowest BCUT2D eigenvalue weighted by Gasteiger charge is -2.13. The Balaban J connectivity index is 2.03. The van der Waals surface area contributed by atoms with Crippen LogP contribution < -0.4 is 15.7 Å². The van der Waals surface area contributed by atoms with Crippen LogP contribution in [0.5, 0.6) is 5.75 Å². The molecule has 0 saturated heterocycles. The van der Waals surface area contributed by atoms with Crippen molar-refractivity contribution in [3.63, 3.8) is 0 Å². The first kappa shape index (κ1) is 16.0. The average Bonchev–Trinajstić information content (AvgIpc) is 2.44. The van der Waals surface area contributed by atoms with Crippen LogP contribution in [-0.4, -0.2) is 32.3 Å². The maximum atomic E-state index is 11.7. The highest BCUT2D eigenvalue weighted by Crippen LogP contribution is 2.22. The summed E-state index contributed by atoms with van der Waals surface area (Å²) < 4.78 is 15.5. The topological polar surface area (TPSA) is 77.8 Å². The molecule has 0 aliphatic carbocycles. The fraction of sp³-hybridized carbons (Fsp3) is 0.375. The van der Waals surface area contributed by atoms with Crippen LogP contribution in [0.1, 0.15) is 12.5 Å². The molecule has 0 spiro atoms. The molecule has 0 saturated carbocycles. The molecule has 6 nitrogen and oxygen atoms in total. The highest BCUT2D eigenvalue weighted by molar-refractivity contribution is 5.81. The van der Waals surface area contributed by atoms with Crippen molar-refractivity contribution in [2.24, 2.45) is 0 Å². The number of hydrogen-bond donors (Lipinski definition) is 1. The molecular formula is C16H19NO5. The fourth-order valence-electron chi connectivity index (χ4n) is 2.15. The van der Waals surface area contributed by atoms with Crippen molar-refractivity contribution in [2.45, 2.75) is 19.9 Å². The molecule has 1 aromatic carbocycles. The molecule has 0 radical (unpaired) electrons. The molecule has 0 aliphatic rings. The van der Waals surface area contributed by atoms with Crippen molar-refractivity contribution < 1.29 is 18.7 Å². The van der Waals surface area contributed by atoms with E-state index < -0.39 is 5.63 Å². The smallest absolute Gasteiger partial charge is 0.336 e. The number of nitrogens with one attached hydrogen (secondary N) is 1. The van der Waals surface area contributed by atoms with E-state index in [4.69, 9.17) is 13.9 Å². The van der Waals surface area contributed by atoms with E-state index in [-0.39, 0.29) is 18.6 Å². The lowest BCUT2D eigenvalue weighted by Crippen LogP contribution is -2.38. The highest BCUT2D eigenvalue weighted by atomic mass is 16.5. The fourth-order valence-corrected chi connectivity index (χ4v) is 2.15. The van der Waals surface area contributed by atoms with Crippen LogP contribution in [0.15, 0.2) is 33.5 Å². The van der Waals surface area contributed by atoms with Crippen LogP contribution in [0.25, 0.3) is 11.0 Å². The van der Waals surface area contributed by atoms with Gasteiger partial charge in [-0.15, -0.1) is 0 Å². The van der Waals surface area contributed by atoms with Gasteiger partial charge in [0.2, 0.25) is 0 Å². The van der Waals surface area contributed by atoms with E-state index in [1.54, 1.807) is 25.3 Å². The number of rotatable bonds is 6. The van der Waals surface area contributed by atoms with Crippen LogP contribution in [0, 0.1) is 6.92 Å². The lowest BCUT2D eigenvalue weighted by molar-refractivity contribution is -0.124. The van der Waals surface area contributed by atoms with Gasteiger partial charge in [-0.2, -0.15) is 0 Å². The normalized spacial score (nSPS) is 12.1. The zero-order valence-corrected chi connectivity index (χ0v) is 12.8. The van der Waals surface area contributed by atoms with E-state index >= 15 is 0 Å². The Morgan fingerprint density at radius 1 is 1.36 bits per heavy atom. The summed E-state index contributed by atoms with van der Waals surface area (Å²) in [5.74, 6) is 0.228. The van der Waals surface area contributed by atoms with E-state index in [9.17, 15) is 9.59 Å². The van der Waals surface area contributed by atoms with Gasteiger partial charge in [0.1, 0.15) is 11.3 Å². The zero-order valence-electron chi connectivity index (χ0n) is 12.8. The molecule has 6 heteroatoms. The molecule has 2 aromatic rings. The first-order valence-corrected chi connectivity index (χ1v) is 6.95. The molecule has 1 aromatic heterocycles. The summed E-state index contributed by atoms with van der Waals surface area (Å²) in [6.45, 7) is 4.00. The third-order valence-electron chi connectivity index (χ3n) is 3.12. The molecule has 0 bridgehead atoms. The van der Waals surface area contributed by atoms with Crippen molar-refractivity contribution >= 4 is 16.9 Å². The van der Waals surface area contributed by atoms with Gasteiger partial charge in [0.15, 0.2) is 6.61 Å². The maximum absolute atomic E-state index is 11.7. The van der Waals surface area contributed by atoms with Crippen LogP contribution >= 0.6 is 0 Å². The van der Waals surface area contributed by atoms with E-state index in [2.05, 4.69) is 5.32 Å². The summed E-state index contributed by atoms with van der Waals surface area (Å²) in [7, 11) is 1.57. The standard InChI is InChI=1S/C16H19NO5/c1-10-6-16(19)22-14-7-12(4-5-13(10)14)21-9-15(18)17-11(2)8-20-3/h4-7,11H,8-9H2,1-3H3,(H,17,18). The van der Waals surface area contributed by atoms with Gasteiger partial charge < -0.3 is 19.2 Å². The Morgan fingerprint density at radius 3 is 2.86 bits per heavy atom. The van der Waals surface area contributed by atoms with E-state index in [1.165, 1.54) is 6.07 Å². The van der Waals surface area contributed by atoms with Gasteiger partial charge in [-0.3, -0.25) is 4.79 Å². The number of carbonyl (C=O) groups excluding carboxylic acids is 1. The Kier molecular flexibility index (Phi) is 5.16. The van der Waals surface area contributed by atoms with Crippen LogP contribution in [0.4, 0.5) is 0 Å². The Morgan fingerprint density at radius 2 is 2.14 bits per heavy atom. The summed E-state index contributed by atoms with van der Waals surface area (Å²) >= 11 is 0. The minimum atomic E-state index is -0.409. The first-order chi connectivity index (χ1) is 10.5. The number of methoxy groups -OCH3 is 1. The van der Waals surface area contributed by atoms with Crippen LogP contribution in [-0.2, 0) is 9.53 Å². The van der Waals surface area contributed by atoms with Gasteiger partial charge in [-0.05, 0) is 31.5 Å². The molecule has 1 amide bonds. The van der Waals surface area contributed by atoms with Crippen LogP contribution in [0.3, 0.4) is 0 Å². The molecule has 0 aliphatic heterocycles. The number of carbonyl (C=O) groups is 1. The van der Waals surface area contributed by atoms with Gasteiger partial charge in [-0.25, -0.2) is 4.79 Å². The third kappa shape index (κ3) is 4.08. The number of ether oxygens (including phenoxy) is 2. The second-order valence-corrected chi connectivity index (χ2v) is 5.12. The minimum Gasteiger partial charge on any atom is -0.484 e. The molecule has 1 atom stereocenters. The summed E-state index contributed by atoms with van der Waals surface area (Å²) in [5.41, 5.74) is 0.868. The SMILES string of the molecule is COCC(C)NC(=O)COc1ccc2c(C)cc(=O)oc2c1. The zero-order chi connectivity index (χ0) is 16.1. The second kappa shape index (κ2) is 7.09. The summed E-state index contributed by atoms with van der Waals surface area (Å²) in [4.78, 5) is 23.1. The molecule has 1 N–H and O–H groups in total. The van der Waals surface area contributed by atoms with Gasteiger partial charge in [0, 0.05) is 30.7 Å². The molecule has 1 heterocycles. The maximum Gasteiger partial charge on any atom is 0.336 e. The van der Waals surface area contributed by atoms with E-state index in [0.717, 1.165) is 10.9 Å². The third-order valence-corrected chi connectivity index (χ3v) is 3.12. The van der Waals surface area contributed by atoms with E-state index in [1.807, 2.05) is 13.8 Å².